The lowest BCUT2D eigenvalue weighted by molar-refractivity contribution is 0.530. The van der Waals surface area contributed by atoms with Crippen LogP contribution in [0.2, 0.25) is 5.02 Å². The van der Waals surface area contributed by atoms with Gasteiger partial charge < -0.3 is 4.98 Å². The molecule has 1 aliphatic rings. The zero-order valence-electron chi connectivity index (χ0n) is 12.9. The number of fused-ring (bicyclic) bond motifs is 1. The van der Waals surface area contributed by atoms with E-state index in [-0.39, 0.29) is 0 Å². The van der Waals surface area contributed by atoms with Crippen molar-refractivity contribution in [2.24, 2.45) is 5.92 Å². The van der Waals surface area contributed by atoms with Gasteiger partial charge in [0, 0.05) is 43.0 Å². The lowest BCUT2D eigenvalue weighted by Crippen LogP contribution is -2.04. The lowest BCUT2D eigenvalue weighted by Gasteiger charge is -2.07. The highest BCUT2D eigenvalue weighted by Gasteiger charge is 2.16. The SMILES string of the molecule is Clc1cnc2[nH]cc(Cc3cnc(CC4CCCC4)nc3)c2c1. The summed E-state index contributed by atoms with van der Waals surface area (Å²) in [7, 11) is 0. The largest absolute Gasteiger partial charge is 0.346 e. The molecule has 3 aromatic rings. The summed E-state index contributed by atoms with van der Waals surface area (Å²) in [6.07, 6.45) is 14.7. The zero-order valence-corrected chi connectivity index (χ0v) is 13.7. The van der Waals surface area contributed by atoms with Gasteiger partial charge in [-0.05, 0) is 23.1 Å². The predicted molar refractivity (Wildman–Crippen MR) is 91.6 cm³/mol. The maximum Gasteiger partial charge on any atom is 0.137 e. The molecule has 1 aliphatic carbocycles. The van der Waals surface area contributed by atoms with Gasteiger partial charge in [-0.3, -0.25) is 0 Å². The van der Waals surface area contributed by atoms with E-state index in [1.807, 2.05) is 24.7 Å². The minimum Gasteiger partial charge on any atom is -0.346 e. The first-order valence-corrected chi connectivity index (χ1v) is 8.57. The van der Waals surface area contributed by atoms with Gasteiger partial charge in [-0.15, -0.1) is 0 Å². The van der Waals surface area contributed by atoms with Gasteiger partial charge in [0.15, 0.2) is 0 Å². The molecular formula is C18H19ClN4. The van der Waals surface area contributed by atoms with Gasteiger partial charge in [0.1, 0.15) is 11.5 Å². The third-order valence-corrected chi connectivity index (χ3v) is 4.89. The molecule has 0 unspecified atom stereocenters. The molecule has 0 amide bonds. The number of rotatable bonds is 4. The van der Waals surface area contributed by atoms with E-state index in [2.05, 4.69) is 19.9 Å². The van der Waals surface area contributed by atoms with Gasteiger partial charge in [0.25, 0.3) is 0 Å². The van der Waals surface area contributed by atoms with Crippen LogP contribution in [-0.2, 0) is 12.8 Å². The molecule has 0 aliphatic heterocycles. The Kier molecular flexibility index (Phi) is 4.00. The Balaban J connectivity index is 1.50. The van der Waals surface area contributed by atoms with Gasteiger partial charge in [0.05, 0.1) is 5.02 Å². The molecule has 5 heteroatoms. The number of H-pyrrole nitrogens is 1. The second kappa shape index (κ2) is 6.28. The van der Waals surface area contributed by atoms with Crippen molar-refractivity contribution in [3.8, 4) is 0 Å². The summed E-state index contributed by atoms with van der Waals surface area (Å²) in [5, 5.41) is 1.72. The molecule has 1 saturated carbocycles. The number of nitrogens with zero attached hydrogens (tertiary/aromatic N) is 3. The molecular weight excluding hydrogens is 308 g/mol. The maximum absolute atomic E-state index is 6.05. The summed E-state index contributed by atoms with van der Waals surface area (Å²) >= 11 is 6.05. The molecule has 4 nitrogen and oxygen atoms in total. The van der Waals surface area contributed by atoms with Crippen LogP contribution in [-0.4, -0.2) is 19.9 Å². The van der Waals surface area contributed by atoms with E-state index in [4.69, 9.17) is 11.6 Å². The van der Waals surface area contributed by atoms with E-state index < -0.39 is 0 Å². The van der Waals surface area contributed by atoms with Crippen LogP contribution in [0.4, 0.5) is 0 Å². The Morgan fingerprint density at radius 3 is 2.65 bits per heavy atom. The van der Waals surface area contributed by atoms with Gasteiger partial charge in [-0.1, -0.05) is 37.3 Å². The second-order valence-electron chi connectivity index (χ2n) is 6.40. The van der Waals surface area contributed by atoms with Crippen LogP contribution in [0.3, 0.4) is 0 Å². The summed E-state index contributed by atoms with van der Waals surface area (Å²) in [4.78, 5) is 16.6. The normalized spacial score (nSPS) is 15.5. The Morgan fingerprint density at radius 2 is 1.87 bits per heavy atom. The topological polar surface area (TPSA) is 54.5 Å². The molecule has 0 aromatic carbocycles. The average Bonchev–Trinajstić information content (AvgIpc) is 3.20. The average molecular weight is 327 g/mol. The molecule has 0 spiro atoms. The Labute approximate surface area is 140 Å². The van der Waals surface area contributed by atoms with Crippen molar-refractivity contribution < 1.29 is 0 Å². The molecule has 0 atom stereocenters. The third-order valence-electron chi connectivity index (χ3n) is 4.68. The number of halogens is 1. The quantitative estimate of drug-likeness (QED) is 0.776. The van der Waals surface area contributed by atoms with Crippen molar-refractivity contribution in [3.05, 3.63) is 52.8 Å². The smallest absolute Gasteiger partial charge is 0.137 e. The van der Waals surface area contributed by atoms with Crippen molar-refractivity contribution in [2.75, 3.05) is 0 Å². The Bertz CT molecular complexity index is 804. The van der Waals surface area contributed by atoms with Gasteiger partial charge >= 0.3 is 0 Å². The number of aromatic nitrogens is 4. The molecule has 0 radical (unpaired) electrons. The summed E-state index contributed by atoms with van der Waals surface area (Å²) in [6, 6.07) is 1.95. The third kappa shape index (κ3) is 3.22. The van der Waals surface area contributed by atoms with Crippen LogP contribution in [0.5, 0.6) is 0 Å². The minimum atomic E-state index is 0.654. The van der Waals surface area contributed by atoms with Crippen molar-refractivity contribution in [1.82, 2.24) is 19.9 Å². The summed E-state index contributed by atoms with van der Waals surface area (Å²) in [6.45, 7) is 0. The van der Waals surface area contributed by atoms with Crippen LogP contribution in [0.15, 0.2) is 30.9 Å². The molecule has 118 valence electrons. The highest BCUT2D eigenvalue weighted by Crippen LogP contribution is 2.27. The minimum absolute atomic E-state index is 0.654. The number of pyridine rings is 1. The monoisotopic (exact) mass is 326 g/mol. The molecule has 0 saturated heterocycles. The van der Waals surface area contributed by atoms with Crippen LogP contribution in [0.1, 0.15) is 42.6 Å². The molecule has 3 aromatic heterocycles. The van der Waals surface area contributed by atoms with Crippen LogP contribution in [0, 0.1) is 5.92 Å². The Morgan fingerprint density at radius 1 is 1.09 bits per heavy atom. The molecule has 1 fully saturated rings. The van der Waals surface area contributed by atoms with E-state index in [1.54, 1.807) is 6.20 Å². The number of nitrogens with one attached hydrogen (secondary N) is 1. The number of aromatic amines is 1. The van der Waals surface area contributed by atoms with E-state index in [9.17, 15) is 0 Å². The molecule has 4 rings (SSSR count). The molecule has 1 N–H and O–H groups in total. The van der Waals surface area contributed by atoms with Crippen molar-refractivity contribution in [3.63, 3.8) is 0 Å². The highest BCUT2D eigenvalue weighted by molar-refractivity contribution is 6.31. The van der Waals surface area contributed by atoms with E-state index in [0.717, 1.165) is 41.2 Å². The van der Waals surface area contributed by atoms with Crippen molar-refractivity contribution >= 4 is 22.6 Å². The first kappa shape index (κ1) is 14.6. The number of hydrogen-bond acceptors (Lipinski definition) is 3. The predicted octanol–water partition coefficient (Wildman–Crippen LogP) is 4.33. The Hall–Kier alpha value is -1.94. The number of hydrogen-bond donors (Lipinski definition) is 1. The summed E-state index contributed by atoms with van der Waals surface area (Å²) < 4.78 is 0. The summed E-state index contributed by atoms with van der Waals surface area (Å²) in [5.74, 6) is 1.76. The highest BCUT2D eigenvalue weighted by atomic mass is 35.5. The van der Waals surface area contributed by atoms with Crippen LogP contribution in [0.25, 0.3) is 11.0 Å². The second-order valence-corrected chi connectivity index (χ2v) is 6.84. The fourth-order valence-corrected chi connectivity index (χ4v) is 3.61. The van der Waals surface area contributed by atoms with E-state index in [1.165, 1.54) is 31.2 Å². The fourth-order valence-electron chi connectivity index (χ4n) is 3.45. The summed E-state index contributed by atoms with van der Waals surface area (Å²) in [5.41, 5.74) is 3.14. The fraction of sp³-hybridized carbons (Fsp3) is 0.389. The van der Waals surface area contributed by atoms with Gasteiger partial charge in [-0.2, -0.15) is 0 Å². The van der Waals surface area contributed by atoms with Crippen molar-refractivity contribution in [1.29, 1.82) is 0 Å². The molecule has 0 bridgehead atoms. The first-order valence-electron chi connectivity index (χ1n) is 8.19. The van der Waals surface area contributed by atoms with Crippen molar-refractivity contribution in [2.45, 2.75) is 38.5 Å². The van der Waals surface area contributed by atoms with Crippen LogP contribution >= 0.6 is 11.6 Å². The van der Waals surface area contributed by atoms with Gasteiger partial charge in [0.2, 0.25) is 0 Å². The van der Waals surface area contributed by atoms with E-state index in [0.29, 0.717) is 5.02 Å². The zero-order chi connectivity index (χ0) is 15.6. The van der Waals surface area contributed by atoms with Gasteiger partial charge in [-0.25, -0.2) is 15.0 Å². The lowest BCUT2D eigenvalue weighted by atomic mass is 10.0. The maximum atomic E-state index is 6.05. The van der Waals surface area contributed by atoms with Crippen LogP contribution < -0.4 is 0 Å². The first-order chi connectivity index (χ1) is 11.3. The standard InChI is InChI=1S/C18H19ClN4/c19-15-7-16-14(10-22-18(16)23-11-15)5-13-8-20-17(21-9-13)6-12-3-1-2-4-12/h7-12H,1-6H2,(H,22,23). The molecule has 23 heavy (non-hydrogen) atoms. The molecule has 3 heterocycles. The van der Waals surface area contributed by atoms with E-state index >= 15 is 0 Å².